The van der Waals surface area contributed by atoms with Gasteiger partial charge in [-0.3, -0.25) is 14.4 Å². The molecular weight excluding hydrogens is 383 g/mol. The number of hydrogen-bond acceptors (Lipinski definition) is 4. The fraction of sp³-hybridized carbons (Fsp3) is 0.235. The Hall–Kier alpha value is -2.88. The van der Waals surface area contributed by atoms with Gasteiger partial charge in [-0.25, -0.2) is 0 Å². The van der Waals surface area contributed by atoms with Gasteiger partial charge >= 0.3 is 6.18 Å². The summed E-state index contributed by atoms with van der Waals surface area (Å²) in [5, 5.41) is 8.69. The second-order valence-corrected chi connectivity index (χ2v) is 6.42. The zero-order chi connectivity index (χ0) is 20.0. The molecule has 6 nitrogen and oxygen atoms in total. The van der Waals surface area contributed by atoms with Crippen LogP contribution in [0.1, 0.15) is 28.6 Å². The Morgan fingerprint density at radius 1 is 1.11 bits per heavy atom. The molecule has 3 N–H and O–H groups in total. The van der Waals surface area contributed by atoms with Gasteiger partial charge in [0.15, 0.2) is 0 Å². The molecule has 1 aromatic heterocycles. The topological polar surface area (TPSA) is 87.3 Å². The number of carbonyl (C=O) groups excluding carboxylic acids is 3. The van der Waals surface area contributed by atoms with Crippen molar-refractivity contribution < 1.29 is 27.6 Å². The molecule has 0 spiro atoms. The molecule has 0 fully saturated rings. The first kappa shape index (κ1) is 20.4. The summed E-state index contributed by atoms with van der Waals surface area (Å²) < 4.78 is 39.6. The molecule has 0 saturated heterocycles. The third-order valence-corrected chi connectivity index (χ3v) is 4.17. The molecule has 0 bridgehead atoms. The largest absolute Gasteiger partial charge is 0.418 e. The van der Waals surface area contributed by atoms with Crippen molar-refractivity contribution in [2.45, 2.75) is 19.5 Å². The van der Waals surface area contributed by atoms with E-state index < -0.39 is 29.2 Å². The van der Waals surface area contributed by atoms with E-state index >= 15 is 0 Å². The Bertz CT molecular complexity index is 836. The Morgan fingerprint density at radius 2 is 1.85 bits per heavy atom. The molecule has 1 heterocycles. The predicted molar refractivity (Wildman–Crippen MR) is 95.6 cm³/mol. The predicted octanol–water partition coefficient (Wildman–Crippen LogP) is 3.48. The molecule has 0 unspecified atom stereocenters. The summed E-state index contributed by atoms with van der Waals surface area (Å²) in [4.78, 5) is 35.1. The average molecular weight is 399 g/mol. The molecule has 2 aromatic rings. The SMILES string of the molecule is CC(=O)Nc1ccc(NC(=O)CCNC(=O)c2cccs2)c(C(F)(F)F)c1. The van der Waals surface area contributed by atoms with Gasteiger partial charge in [0.1, 0.15) is 0 Å². The van der Waals surface area contributed by atoms with Crippen LogP contribution >= 0.6 is 11.3 Å². The molecule has 3 amide bonds. The van der Waals surface area contributed by atoms with Gasteiger partial charge in [0.05, 0.1) is 16.1 Å². The van der Waals surface area contributed by atoms with Crippen molar-refractivity contribution in [1.29, 1.82) is 0 Å². The summed E-state index contributed by atoms with van der Waals surface area (Å²) in [5.74, 6) is -1.55. The van der Waals surface area contributed by atoms with Gasteiger partial charge in [-0.1, -0.05) is 6.07 Å². The molecule has 0 radical (unpaired) electrons. The van der Waals surface area contributed by atoms with E-state index in [1.807, 2.05) is 0 Å². The Morgan fingerprint density at radius 3 is 2.44 bits per heavy atom. The summed E-state index contributed by atoms with van der Waals surface area (Å²) in [6, 6.07) is 6.39. The van der Waals surface area contributed by atoms with Crippen LogP contribution in [0, 0.1) is 0 Å². The first-order chi connectivity index (χ1) is 12.7. The number of rotatable bonds is 6. The van der Waals surface area contributed by atoms with Crippen molar-refractivity contribution in [3.05, 3.63) is 46.2 Å². The highest BCUT2D eigenvalue weighted by molar-refractivity contribution is 7.12. The zero-order valence-electron chi connectivity index (χ0n) is 14.1. The maximum absolute atomic E-state index is 13.2. The lowest BCUT2D eigenvalue weighted by Gasteiger charge is -2.15. The lowest BCUT2D eigenvalue weighted by molar-refractivity contribution is -0.137. The third kappa shape index (κ3) is 6.10. The second-order valence-electron chi connectivity index (χ2n) is 5.47. The number of alkyl halides is 3. The zero-order valence-corrected chi connectivity index (χ0v) is 15.0. The van der Waals surface area contributed by atoms with E-state index in [9.17, 15) is 27.6 Å². The molecule has 0 aliphatic carbocycles. The number of hydrogen-bond donors (Lipinski definition) is 3. The molecule has 2 rings (SSSR count). The van der Waals surface area contributed by atoms with Crippen molar-refractivity contribution in [3.63, 3.8) is 0 Å². The summed E-state index contributed by atoms with van der Waals surface area (Å²) in [6.07, 6.45) is -4.91. The van der Waals surface area contributed by atoms with Crippen molar-refractivity contribution in [1.82, 2.24) is 5.32 Å². The van der Waals surface area contributed by atoms with Crippen LogP contribution in [0.3, 0.4) is 0 Å². The van der Waals surface area contributed by atoms with E-state index in [4.69, 9.17) is 0 Å². The molecular formula is C17H16F3N3O3S. The van der Waals surface area contributed by atoms with Crippen LogP contribution in [0.25, 0.3) is 0 Å². The van der Waals surface area contributed by atoms with Gasteiger partial charge in [-0.15, -0.1) is 11.3 Å². The highest BCUT2D eigenvalue weighted by Gasteiger charge is 2.34. The van der Waals surface area contributed by atoms with Crippen molar-refractivity contribution >= 4 is 40.4 Å². The smallest absolute Gasteiger partial charge is 0.351 e. The maximum atomic E-state index is 13.2. The minimum absolute atomic E-state index is 0.0199. The molecule has 0 aliphatic heterocycles. The Kier molecular flexibility index (Phi) is 6.56. The molecule has 0 atom stereocenters. The van der Waals surface area contributed by atoms with E-state index in [2.05, 4.69) is 16.0 Å². The lowest BCUT2D eigenvalue weighted by atomic mass is 10.1. The van der Waals surface area contributed by atoms with Gasteiger partial charge in [0.25, 0.3) is 5.91 Å². The van der Waals surface area contributed by atoms with Crippen molar-refractivity contribution in [2.75, 3.05) is 17.2 Å². The standard InChI is InChI=1S/C17H16F3N3O3S/c1-10(24)22-11-4-5-13(12(9-11)17(18,19)20)23-15(25)6-7-21-16(26)14-3-2-8-27-14/h2-5,8-9H,6-7H2,1H3,(H,21,26)(H,22,24)(H,23,25). The van der Waals surface area contributed by atoms with Crippen LogP contribution < -0.4 is 16.0 Å². The second kappa shape index (κ2) is 8.67. The lowest BCUT2D eigenvalue weighted by Crippen LogP contribution is -2.27. The van der Waals surface area contributed by atoms with E-state index in [0.717, 1.165) is 12.1 Å². The molecule has 144 valence electrons. The molecule has 1 aromatic carbocycles. The average Bonchev–Trinajstić information content (AvgIpc) is 3.09. The van der Waals surface area contributed by atoms with Crippen LogP contribution in [-0.2, 0) is 15.8 Å². The van der Waals surface area contributed by atoms with E-state index in [1.165, 1.54) is 24.3 Å². The van der Waals surface area contributed by atoms with Crippen molar-refractivity contribution in [2.24, 2.45) is 0 Å². The Balaban J connectivity index is 1.99. The number of halogens is 3. The number of nitrogens with one attached hydrogen (secondary N) is 3. The van der Waals surface area contributed by atoms with E-state index in [1.54, 1.807) is 17.5 Å². The maximum Gasteiger partial charge on any atom is 0.418 e. The van der Waals surface area contributed by atoms with E-state index in [-0.39, 0.29) is 24.6 Å². The Labute approximate surface area is 156 Å². The van der Waals surface area contributed by atoms with Crippen molar-refractivity contribution in [3.8, 4) is 0 Å². The van der Waals surface area contributed by atoms with Crippen LogP contribution in [0.4, 0.5) is 24.5 Å². The molecule has 10 heteroatoms. The van der Waals surface area contributed by atoms with E-state index in [0.29, 0.717) is 4.88 Å². The van der Waals surface area contributed by atoms with Crippen LogP contribution in [-0.4, -0.2) is 24.3 Å². The van der Waals surface area contributed by atoms with Crippen LogP contribution in [0.5, 0.6) is 0 Å². The van der Waals surface area contributed by atoms with Gasteiger partial charge in [0.2, 0.25) is 11.8 Å². The third-order valence-electron chi connectivity index (χ3n) is 3.30. The first-order valence-electron chi connectivity index (χ1n) is 7.77. The summed E-state index contributed by atoms with van der Waals surface area (Å²) in [5.41, 5.74) is -1.54. The quantitative estimate of drug-likeness (QED) is 0.695. The van der Waals surface area contributed by atoms with Crippen LogP contribution in [0.15, 0.2) is 35.7 Å². The normalized spacial score (nSPS) is 11.0. The molecule has 0 aliphatic rings. The fourth-order valence-electron chi connectivity index (χ4n) is 2.17. The highest BCUT2D eigenvalue weighted by atomic mass is 32.1. The molecule has 0 saturated carbocycles. The number of amides is 3. The van der Waals surface area contributed by atoms with Gasteiger partial charge < -0.3 is 16.0 Å². The first-order valence-corrected chi connectivity index (χ1v) is 8.65. The summed E-state index contributed by atoms with van der Waals surface area (Å²) >= 11 is 1.24. The minimum atomic E-state index is -4.72. The minimum Gasteiger partial charge on any atom is -0.351 e. The molecule has 27 heavy (non-hydrogen) atoms. The highest BCUT2D eigenvalue weighted by Crippen LogP contribution is 2.36. The monoisotopic (exact) mass is 399 g/mol. The van der Waals surface area contributed by atoms with Crippen LogP contribution in [0.2, 0.25) is 0 Å². The van der Waals surface area contributed by atoms with Gasteiger partial charge in [-0.05, 0) is 29.6 Å². The van der Waals surface area contributed by atoms with Gasteiger partial charge in [-0.2, -0.15) is 13.2 Å². The van der Waals surface area contributed by atoms with Gasteiger partial charge in [0, 0.05) is 25.6 Å². The number of thiophene rings is 1. The number of carbonyl (C=O) groups is 3. The summed E-state index contributed by atoms with van der Waals surface area (Å²) in [6.45, 7) is 1.15. The number of benzene rings is 1. The number of anilines is 2. The fourth-order valence-corrected chi connectivity index (χ4v) is 2.81. The summed E-state index contributed by atoms with van der Waals surface area (Å²) in [7, 11) is 0.